The highest BCUT2D eigenvalue weighted by Crippen LogP contribution is 2.34. The fourth-order valence-electron chi connectivity index (χ4n) is 1.55. The van der Waals surface area contributed by atoms with Crippen molar-refractivity contribution in [2.24, 2.45) is 0 Å². The third kappa shape index (κ3) is 4.50. The summed E-state index contributed by atoms with van der Waals surface area (Å²) >= 11 is 0. The van der Waals surface area contributed by atoms with E-state index in [1.165, 1.54) is 20.3 Å². The van der Waals surface area contributed by atoms with Gasteiger partial charge in [-0.3, -0.25) is 0 Å². The van der Waals surface area contributed by atoms with Gasteiger partial charge < -0.3 is 14.2 Å². The predicted molar refractivity (Wildman–Crippen MR) is 77.8 cm³/mol. The van der Waals surface area contributed by atoms with E-state index in [0.717, 1.165) is 6.07 Å². The van der Waals surface area contributed by atoms with Gasteiger partial charge in [-0.1, -0.05) is 0 Å². The summed E-state index contributed by atoms with van der Waals surface area (Å²) in [6.45, 7) is 5.08. The van der Waals surface area contributed by atoms with Crippen LogP contribution in [0.2, 0.25) is 0 Å². The first-order valence-corrected chi connectivity index (χ1v) is 8.24. The van der Waals surface area contributed by atoms with E-state index >= 15 is 0 Å². The first-order valence-electron chi connectivity index (χ1n) is 5.93. The Kier molecular flexibility index (Phi) is 5.11. The molecule has 0 radical (unpaired) electrons. The van der Waals surface area contributed by atoms with Gasteiger partial charge in [0, 0.05) is 16.7 Å². The van der Waals surface area contributed by atoms with Crippen LogP contribution >= 0.6 is 10.7 Å². The van der Waals surface area contributed by atoms with Gasteiger partial charge in [0.1, 0.15) is 27.6 Å². The zero-order valence-electron chi connectivity index (χ0n) is 12.4. The minimum Gasteiger partial charge on any atom is -0.496 e. The van der Waals surface area contributed by atoms with Gasteiger partial charge in [0.15, 0.2) is 0 Å². The van der Waals surface area contributed by atoms with Crippen molar-refractivity contribution >= 4 is 25.7 Å². The second-order valence-corrected chi connectivity index (χ2v) is 7.68. The second kappa shape index (κ2) is 6.11. The molecular formula is C13H17ClO6S. The molecule has 0 aliphatic heterocycles. The normalized spacial score (nSPS) is 11.9. The van der Waals surface area contributed by atoms with Crippen molar-refractivity contribution < 1.29 is 27.4 Å². The number of carbonyl (C=O) groups excluding carboxylic acids is 1. The highest BCUT2D eigenvalue weighted by atomic mass is 35.7. The van der Waals surface area contributed by atoms with Crippen molar-refractivity contribution in [1.29, 1.82) is 0 Å². The molecule has 0 unspecified atom stereocenters. The van der Waals surface area contributed by atoms with Crippen LogP contribution in [0.3, 0.4) is 0 Å². The van der Waals surface area contributed by atoms with Crippen LogP contribution < -0.4 is 9.47 Å². The molecule has 0 aromatic heterocycles. The van der Waals surface area contributed by atoms with E-state index in [1.807, 2.05) is 0 Å². The summed E-state index contributed by atoms with van der Waals surface area (Å²) in [5.41, 5.74) is -0.783. The first kappa shape index (κ1) is 17.6. The minimum absolute atomic E-state index is 0.0193. The highest BCUT2D eigenvalue weighted by Gasteiger charge is 2.26. The van der Waals surface area contributed by atoms with E-state index in [2.05, 4.69) is 0 Å². The maximum atomic E-state index is 12.1. The molecule has 1 aromatic rings. The molecule has 8 heteroatoms. The SMILES string of the molecule is COc1cc(OC)c(S(=O)(=O)Cl)cc1C(=O)OC(C)(C)C. The van der Waals surface area contributed by atoms with Gasteiger partial charge >= 0.3 is 5.97 Å². The second-order valence-electron chi connectivity index (χ2n) is 5.14. The number of methoxy groups -OCH3 is 2. The number of carbonyl (C=O) groups is 1. The van der Waals surface area contributed by atoms with E-state index in [0.29, 0.717) is 0 Å². The molecule has 6 nitrogen and oxygen atoms in total. The third-order valence-electron chi connectivity index (χ3n) is 2.37. The number of rotatable bonds is 4. The van der Waals surface area contributed by atoms with E-state index in [4.69, 9.17) is 24.9 Å². The van der Waals surface area contributed by atoms with Gasteiger partial charge in [-0.15, -0.1) is 0 Å². The van der Waals surface area contributed by atoms with E-state index < -0.39 is 20.6 Å². The van der Waals surface area contributed by atoms with Gasteiger partial charge in [0.25, 0.3) is 9.05 Å². The molecule has 21 heavy (non-hydrogen) atoms. The fourth-order valence-corrected chi connectivity index (χ4v) is 2.56. The predicted octanol–water partition coefficient (Wildman–Crippen LogP) is 2.59. The van der Waals surface area contributed by atoms with Crippen LogP contribution in [0, 0.1) is 0 Å². The van der Waals surface area contributed by atoms with Crippen molar-refractivity contribution in [2.75, 3.05) is 14.2 Å². The van der Waals surface area contributed by atoms with E-state index in [-0.39, 0.29) is 22.0 Å². The number of esters is 1. The Morgan fingerprint density at radius 1 is 1.10 bits per heavy atom. The Morgan fingerprint density at radius 3 is 2.00 bits per heavy atom. The molecule has 118 valence electrons. The fraction of sp³-hybridized carbons (Fsp3) is 0.462. The van der Waals surface area contributed by atoms with Gasteiger partial charge in [-0.25, -0.2) is 13.2 Å². The minimum atomic E-state index is -4.09. The summed E-state index contributed by atoms with van der Waals surface area (Å²) in [4.78, 5) is 11.8. The Morgan fingerprint density at radius 2 is 1.62 bits per heavy atom. The van der Waals surface area contributed by atoms with Crippen molar-refractivity contribution in [2.45, 2.75) is 31.3 Å². The maximum Gasteiger partial charge on any atom is 0.342 e. The lowest BCUT2D eigenvalue weighted by Gasteiger charge is -2.21. The number of hydrogen-bond acceptors (Lipinski definition) is 6. The zero-order valence-corrected chi connectivity index (χ0v) is 14.0. The Balaban J connectivity index is 3.48. The lowest BCUT2D eigenvalue weighted by molar-refractivity contribution is 0.00662. The molecule has 0 atom stereocenters. The van der Waals surface area contributed by atoms with Crippen molar-refractivity contribution in [3.63, 3.8) is 0 Å². The Hall–Kier alpha value is -1.47. The topological polar surface area (TPSA) is 78.9 Å². The van der Waals surface area contributed by atoms with Crippen LogP contribution in [0.25, 0.3) is 0 Å². The highest BCUT2D eigenvalue weighted by molar-refractivity contribution is 8.13. The largest absolute Gasteiger partial charge is 0.496 e. The molecule has 0 bridgehead atoms. The molecule has 0 spiro atoms. The molecule has 0 fully saturated rings. The standard InChI is InChI=1S/C13H17ClO6S/c1-13(2,3)20-12(15)8-6-11(21(14,16)17)10(19-5)7-9(8)18-4/h6-7H,1-5H3. The molecule has 1 aromatic carbocycles. The van der Waals surface area contributed by atoms with E-state index in [1.54, 1.807) is 20.8 Å². The van der Waals surface area contributed by atoms with Crippen LogP contribution in [0.4, 0.5) is 0 Å². The summed E-state index contributed by atoms with van der Waals surface area (Å²) in [5, 5.41) is 0. The number of benzene rings is 1. The molecule has 0 saturated carbocycles. The Bertz CT molecular complexity index is 645. The number of ether oxygens (including phenoxy) is 3. The number of halogens is 1. The van der Waals surface area contributed by atoms with Crippen LogP contribution in [0.1, 0.15) is 31.1 Å². The molecule has 0 N–H and O–H groups in total. The van der Waals surface area contributed by atoms with Gasteiger partial charge in [-0.2, -0.15) is 0 Å². The molecule has 0 saturated heterocycles. The van der Waals surface area contributed by atoms with Gasteiger partial charge in [-0.05, 0) is 26.8 Å². The average molecular weight is 337 g/mol. The zero-order chi connectivity index (χ0) is 16.4. The lowest BCUT2D eigenvalue weighted by Crippen LogP contribution is -2.24. The first-order chi connectivity index (χ1) is 9.49. The third-order valence-corrected chi connectivity index (χ3v) is 3.71. The van der Waals surface area contributed by atoms with Crippen LogP contribution in [-0.2, 0) is 13.8 Å². The number of hydrogen-bond donors (Lipinski definition) is 0. The lowest BCUT2D eigenvalue weighted by atomic mass is 10.1. The summed E-state index contributed by atoms with van der Waals surface area (Å²) in [6.07, 6.45) is 0. The van der Waals surface area contributed by atoms with Gasteiger partial charge in [0.2, 0.25) is 0 Å². The van der Waals surface area contributed by atoms with Crippen LogP contribution in [-0.4, -0.2) is 34.2 Å². The molecular weight excluding hydrogens is 320 g/mol. The Labute approximate surface area is 128 Å². The maximum absolute atomic E-state index is 12.1. The van der Waals surface area contributed by atoms with Crippen LogP contribution in [0.15, 0.2) is 17.0 Å². The molecule has 0 aliphatic rings. The van der Waals surface area contributed by atoms with Gasteiger partial charge in [0.05, 0.1) is 14.2 Å². The average Bonchev–Trinajstić information content (AvgIpc) is 2.33. The van der Waals surface area contributed by atoms with Crippen molar-refractivity contribution in [3.8, 4) is 11.5 Å². The monoisotopic (exact) mass is 336 g/mol. The molecule has 0 amide bonds. The summed E-state index contributed by atoms with van der Waals surface area (Å²) in [7, 11) is 3.89. The van der Waals surface area contributed by atoms with Crippen molar-refractivity contribution in [3.05, 3.63) is 17.7 Å². The summed E-state index contributed by atoms with van der Waals surface area (Å²) < 4.78 is 38.4. The van der Waals surface area contributed by atoms with Crippen LogP contribution in [0.5, 0.6) is 11.5 Å². The molecule has 1 rings (SSSR count). The molecule has 0 aliphatic carbocycles. The molecule has 0 heterocycles. The quantitative estimate of drug-likeness (QED) is 0.621. The van der Waals surface area contributed by atoms with E-state index in [9.17, 15) is 13.2 Å². The van der Waals surface area contributed by atoms with Crippen molar-refractivity contribution in [1.82, 2.24) is 0 Å². The summed E-state index contributed by atoms with van der Waals surface area (Å²) in [5.74, 6) is -0.608. The smallest absolute Gasteiger partial charge is 0.342 e. The summed E-state index contributed by atoms with van der Waals surface area (Å²) in [6, 6.07) is 2.35.